The Hall–Kier alpha value is -1.60. The summed E-state index contributed by atoms with van der Waals surface area (Å²) in [6.45, 7) is 0.0598. The Morgan fingerprint density at radius 1 is 1.40 bits per heavy atom. The fraction of sp³-hybridized carbons (Fsp3) is 0.583. The molecule has 1 heterocycles. The molecule has 2 amide bonds. The molecule has 0 fully saturated rings. The van der Waals surface area contributed by atoms with Gasteiger partial charge in [0.1, 0.15) is 6.04 Å². The Morgan fingerprint density at radius 2 is 2.00 bits per heavy atom. The van der Waals surface area contributed by atoms with E-state index >= 15 is 0 Å². The number of likely N-dealkylation sites (N-methyl/N-ethyl adjacent to an activating group) is 3. The summed E-state index contributed by atoms with van der Waals surface area (Å²) in [5.41, 5.74) is 0.777. The summed E-state index contributed by atoms with van der Waals surface area (Å²) < 4.78 is 1.64. The quantitative estimate of drug-likeness (QED) is 0.807. The van der Waals surface area contributed by atoms with Gasteiger partial charge in [0.2, 0.25) is 11.8 Å². The van der Waals surface area contributed by atoms with Gasteiger partial charge in [-0.25, -0.2) is 0 Å². The van der Waals surface area contributed by atoms with E-state index in [4.69, 9.17) is 0 Å². The number of aromatic nitrogens is 2. The minimum Gasteiger partial charge on any atom is -0.347 e. The van der Waals surface area contributed by atoms with Crippen molar-refractivity contribution in [2.45, 2.75) is 6.04 Å². The molecule has 0 saturated carbocycles. The first-order valence-electron chi connectivity index (χ1n) is 5.97. The molecule has 0 bridgehead atoms. The maximum Gasteiger partial charge on any atom is 0.244 e. The van der Waals surface area contributed by atoms with Crippen molar-refractivity contribution in [2.24, 2.45) is 7.05 Å². The lowest BCUT2D eigenvalue weighted by Gasteiger charge is -2.23. The molecule has 1 N–H and O–H groups in total. The van der Waals surface area contributed by atoms with Crippen molar-refractivity contribution < 1.29 is 9.59 Å². The Bertz CT molecular complexity index is 460. The highest BCUT2D eigenvalue weighted by Gasteiger charge is 2.24. The van der Waals surface area contributed by atoms with Crippen molar-refractivity contribution in [2.75, 3.05) is 34.7 Å². The lowest BCUT2D eigenvalue weighted by atomic mass is 10.1. The Labute approximate surface area is 125 Å². The number of rotatable bonds is 5. The molecule has 7 nitrogen and oxygen atoms in total. The van der Waals surface area contributed by atoms with Crippen molar-refractivity contribution in [3.05, 3.63) is 18.0 Å². The molecule has 0 saturated heterocycles. The number of amides is 2. The van der Waals surface area contributed by atoms with Crippen molar-refractivity contribution in [1.82, 2.24) is 24.9 Å². The van der Waals surface area contributed by atoms with E-state index in [0.717, 1.165) is 5.56 Å². The average Bonchev–Trinajstić information content (AvgIpc) is 2.76. The monoisotopic (exact) mass is 303 g/mol. The smallest absolute Gasteiger partial charge is 0.244 e. The van der Waals surface area contributed by atoms with Crippen molar-refractivity contribution in [3.8, 4) is 0 Å². The number of nitrogens with zero attached hydrogens (tertiary/aromatic N) is 4. The lowest BCUT2D eigenvalue weighted by molar-refractivity contribution is -0.139. The van der Waals surface area contributed by atoms with Crippen LogP contribution in [0.3, 0.4) is 0 Å². The van der Waals surface area contributed by atoms with E-state index in [1.54, 1.807) is 52.3 Å². The minimum absolute atomic E-state index is 0. The van der Waals surface area contributed by atoms with Crippen LogP contribution in [0.5, 0.6) is 0 Å². The molecule has 0 aromatic carbocycles. The second-order valence-electron chi connectivity index (χ2n) is 4.65. The standard InChI is InChI=1S/C12H21N5O2.ClH/c1-13-11(9-6-14-17(5)7-9)12(19)16(4)8-10(18)15(2)3;/h6-7,11,13H,8H2,1-5H3;1H. The highest BCUT2D eigenvalue weighted by Crippen LogP contribution is 2.13. The highest BCUT2D eigenvalue weighted by atomic mass is 35.5. The average molecular weight is 304 g/mol. The molecule has 1 atom stereocenters. The first-order valence-corrected chi connectivity index (χ1v) is 5.97. The fourth-order valence-electron chi connectivity index (χ4n) is 1.66. The van der Waals surface area contributed by atoms with E-state index < -0.39 is 6.04 Å². The van der Waals surface area contributed by atoms with Crippen LogP contribution in [-0.4, -0.2) is 66.1 Å². The summed E-state index contributed by atoms with van der Waals surface area (Å²) in [6.07, 6.45) is 3.42. The van der Waals surface area contributed by atoms with Gasteiger partial charge in [-0.2, -0.15) is 5.10 Å². The molecular weight excluding hydrogens is 282 g/mol. The van der Waals surface area contributed by atoms with Crippen LogP contribution in [0.4, 0.5) is 0 Å². The molecule has 1 aromatic heterocycles. The predicted molar refractivity (Wildman–Crippen MR) is 78.6 cm³/mol. The maximum atomic E-state index is 12.3. The van der Waals surface area contributed by atoms with Crippen LogP contribution < -0.4 is 5.32 Å². The molecule has 0 aliphatic rings. The molecule has 1 unspecified atom stereocenters. The highest BCUT2D eigenvalue weighted by molar-refractivity contribution is 5.87. The largest absolute Gasteiger partial charge is 0.347 e. The summed E-state index contributed by atoms with van der Waals surface area (Å²) in [5.74, 6) is -0.275. The number of nitrogens with one attached hydrogen (secondary N) is 1. The summed E-state index contributed by atoms with van der Waals surface area (Å²) in [4.78, 5) is 26.8. The van der Waals surface area contributed by atoms with E-state index in [-0.39, 0.29) is 30.8 Å². The zero-order valence-corrected chi connectivity index (χ0v) is 13.3. The first kappa shape index (κ1) is 18.4. The van der Waals surface area contributed by atoms with Gasteiger partial charge in [-0.05, 0) is 7.05 Å². The van der Waals surface area contributed by atoms with Gasteiger partial charge in [-0.15, -0.1) is 12.4 Å². The number of carbonyl (C=O) groups excluding carboxylic acids is 2. The second kappa shape index (κ2) is 7.86. The zero-order chi connectivity index (χ0) is 14.6. The number of carbonyl (C=O) groups is 2. The van der Waals surface area contributed by atoms with E-state index in [1.807, 2.05) is 0 Å². The first-order chi connectivity index (χ1) is 8.86. The third-order valence-electron chi connectivity index (χ3n) is 2.84. The molecule has 0 radical (unpaired) electrons. The third kappa shape index (κ3) is 4.50. The molecular formula is C12H22ClN5O2. The molecule has 8 heteroatoms. The van der Waals surface area contributed by atoms with Gasteiger partial charge in [0, 0.05) is 40.0 Å². The van der Waals surface area contributed by atoms with Gasteiger partial charge in [0.05, 0.1) is 12.7 Å². The van der Waals surface area contributed by atoms with Crippen LogP contribution in [0.2, 0.25) is 0 Å². The van der Waals surface area contributed by atoms with Gasteiger partial charge in [0.15, 0.2) is 0 Å². The molecule has 1 rings (SSSR count). The van der Waals surface area contributed by atoms with Crippen molar-refractivity contribution >= 4 is 24.2 Å². The topological polar surface area (TPSA) is 70.5 Å². The predicted octanol–water partition coefficient (Wildman–Crippen LogP) is -0.351. The Balaban J connectivity index is 0.00000361. The van der Waals surface area contributed by atoms with Crippen LogP contribution in [0, 0.1) is 0 Å². The SMILES string of the molecule is CNC(C(=O)N(C)CC(=O)N(C)C)c1cnn(C)c1.Cl. The molecule has 0 spiro atoms. The van der Waals surface area contributed by atoms with Gasteiger partial charge in [-0.3, -0.25) is 14.3 Å². The maximum absolute atomic E-state index is 12.3. The lowest BCUT2D eigenvalue weighted by Crippen LogP contribution is -2.42. The van der Waals surface area contributed by atoms with E-state index in [0.29, 0.717) is 0 Å². The molecule has 0 aliphatic heterocycles. The van der Waals surface area contributed by atoms with Crippen molar-refractivity contribution in [3.63, 3.8) is 0 Å². The normalized spacial score (nSPS) is 11.4. The number of aryl methyl sites for hydroxylation is 1. The van der Waals surface area contributed by atoms with Gasteiger partial charge in [-0.1, -0.05) is 0 Å². The summed E-state index contributed by atoms with van der Waals surface area (Å²) >= 11 is 0. The fourth-order valence-corrected chi connectivity index (χ4v) is 1.66. The minimum atomic E-state index is -0.492. The van der Waals surface area contributed by atoms with Crippen LogP contribution in [0.25, 0.3) is 0 Å². The van der Waals surface area contributed by atoms with Gasteiger partial charge in [0.25, 0.3) is 0 Å². The molecule has 20 heavy (non-hydrogen) atoms. The summed E-state index contributed by atoms with van der Waals surface area (Å²) in [5, 5.41) is 6.99. The molecule has 0 aliphatic carbocycles. The van der Waals surface area contributed by atoms with Gasteiger partial charge >= 0.3 is 0 Å². The van der Waals surface area contributed by atoms with E-state index in [9.17, 15) is 9.59 Å². The van der Waals surface area contributed by atoms with E-state index in [1.165, 1.54) is 9.80 Å². The number of halogens is 1. The second-order valence-corrected chi connectivity index (χ2v) is 4.65. The Morgan fingerprint density at radius 3 is 2.40 bits per heavy atom. The van der Waals surface area contributed by atoms with Crippen LogP contribution in [0.15, 0.2) is 12.4 Å². The summed E-state index contributed by atoms with van der Waals surface area (Å²) in [7, 11) is 8.44. The Kier molecular flexibility index (Phi) is 7.23. The van der Waals surface area contributed by atoms with Crippen LogP contribution in [0.1, 0.15) is 11.6 Å². The molecule has 114 valence electrons. The van der Waals surface area contributed by atoms with E-state index in [2.05, 4.69) is 10.4 Å². The third-order valence-corrected chi connectivity index (χ3v) is 2.84. The van der Waals surface area contributed by atoms with Gasteiger partial charge < -0.3 is 15.1 Å². The zero-order valence-electron chi connectivity index (χ0n) is 12.5. The van der Waals surface area contributed by atoms with Crippen molar-refractivity contribution in [1.29, 1.82) is 0 Å². The van der Waals surface area contributed by atoms with Crippen LogP contribution >= 0.6 is 12.4 Å². The molecule has 1 aromatic rings. The number of hydrogen-bond donors (Lipinski definition) is 1. The number of hydrogen-bond acceptors (Lipinski definition) is 4. The summed E-state index contributed by atoms with van der Waals surface area (Å²) in [6, 6.07) is -0.492. The van der Waals surface area contributed by atoms with Crippen LogP contribution in [-0.2, 0) is 16.6 Å².